The van der Waals surface area contributed by atoms with Crippen LogP contribution in [0.25, 0.3) is 16.5 Å². The minimum Gasteiger partial charge on any atom is -0.491 e. The normalized spacial score (nSPS) is 12.7. The lowest BCUT2D eigenvalue weighted by molar-refractivity contribution is 0.242. The van der Waals surface area contributed by atoms with Crippen LogP contribution in [0.15, 0.2) is 47.3 Å². The predicted octanol–water partition coefficient (Wildman–Crippen LogP) is 5.74. The molecule has 25 heavy (non-hydrogen) atoms. The number of aromatic nitrogens is 1. The van der Waals surface area contributed by atoms with E-state index < -0.39 is 0 Å². The molecular formula is C22H29NO2. The van der Waals surface area contributed by atoms with Gasteiger partial charge in [0.1, 0.15) is 5.75 Å². The van der Waals surface area contributed by atoms with Gasteiger partial charge in [0.2, 0.25) is 0 Å². The summed E-state index contributed by atoms with van der Waals surface area (Å²) in [6.45, 7) is 12.1. The van der Waals surface area contributed by atoms with Gasteiger partial charge in [0.05, 0.1) is 11.6 Å². The number of hydrogen-bond acceptors (Lipinski definition) is 2. The highest BCUT2D eigenvalue weighted by molar-refractivity contribution is 5.86. The summed E-state index contributed by atoms with van der Waals surface area (Å²) in [7, 11) is 0. The maximum atomic E-state index is 13.2. The second kappa shape index (κ2) is 8.19. The number of ether oxygens (including phenoxy) is 1. The largest absolute Gasteiger partial charge is 0.491 e. The van der Waals surface area contributed by atoms with Gasteiger partial charge in [0, 0.05) is 17.7 Å². The van der Waals surface area contributed by atoms with Gasteiger partial charge in [-0.25, -0.2) is 0 Å². The van der Waals surface area contributed by atoms with Gasteiger partial charge in [-0.05, 0) is 70.2 Å². The lowest BCUT2D eigenvalue weighted by Crippen LogP contribution is -2.25. The van der Waals surface area contributed by atoms with Crippen molar-refractivity contribution in [3.8, 4) is 5.75 Å². The summed E-state index contributed by atoms with van der Waals surface area (Å²) in [6.07, 6.45) is 7.15. The quantitative estimate of drug-likeness (QED) is 0.628. The first-order chi connectivity index (χ1) is 11.9. The molecule has 0 atom stereocenters. The molecule has 0 unspecified atom stereocenters. The van der Waals surface area contributed by atoms with Crippen LogP contribution in [0.3, 0.4) is 0 Å². The first kappa shape index (κ1) is 19.0. The third-order valence-electron chi connectivity index (χ3n) is 4.05. The van der Waals surface area contributed by atoms with Gasteiger partial charge in [0.15, 0.2) is 0 Å². The lowest BCUT2D eigenvalue weighted by atomic mass is 10.0. The van der Waals surface area contributed by atoms with E-state index in [4.69, 9.17) is 4.74 Å². The fraction of sp³-hybridized carbons (Fsp3) is 0.409. The first-order valence-corrected chi connectivity index (χ1v) is 9.08. The highest BCUT2D eigenvalue weighted by Gasteiger charge is 2.14. The molecule has 134 valence electrons. The van der Waals surface area contributed by atoms with E-state index in [-0.39, 0.29) is 17.7 Å². The van der Waals surface area contributed by atoms with Crippen molar-refractivity contribution in [2.75, 3.05) is 0 Å². The molecule has 1 aromatic carbocycles. The average Bonchev–Trinajstić information content (AvgIpc) is 2.55. The minimum atomic E-state index is 0.0399. The smallest absolute Gasteiger partial charge is 0.259 e. The third kappa shape index (κ3) is 4.22. The Hall–Kier alpha value is -2.29. The number of benzene rings is 1. The van der Waals surface area contributed by atoms with Crippen molar-refractivity contribution in [3.05, 3.63) is 58.4 Å². The zero-order chi connectivity index (χ0) is 18.6. The van der Waals surface area contributed by atoms with Crippen LogP contribution in [0.2, 0.25) is 0 Å². The molecule has 0 bridgehead atoms. The van der Waals surface area contributed by atoms with E-state index >= 15 is 0 Å². The van der Waals surface area contributed by atoms with Crippen LogP contribution >= 0.6 is 0 Å². The number of allylic oxidation sites excluding steroid dienone is 4. The van der Waals surface area contributed by atoms with Gasteiger partial charge >= 0.3 is 0 Å². The zero-order valence-electron chi connectivity index (χ0n) is 16.2. The Balaban J connectivity index is 2.74. The van der Waals surface area contributed by atoms with E-state index in [0.29, 0.717) is 0 Å². The maximum Gasteiger partial charge on any atom is 0.259 e. The summed E-state index contributed by atoms with van der Waals surface area (Å²) in [6, 6.07) is 8.03. The van der Waals surface area contributed by atoms with Crippen molar-refractivity contribution < 1.29 is 4.74 Å². The number of pyridine rings is 1. The van der Waals surface area contributed by atoms with Gasteiger partial charge in [-0.2, -0.15) is 0 Å². The van der Waals surface area contributed by atoms with Crippen molar-refractivity contribution >= 4 is 16.5 Å². The molecule has 1 heterocycles. The number of rotatable bonds is 6. The highest BCUT2D eigenvalue weighted by Crippen LogP contribution is 2.26. The summed E-state index contributed by atoms with van der Waals surface area (Å²) in [4.78, 5) is 13.2. The Morgan fingerprint density at radius 2 is 1.92 bits per heavy atom. The number of fused-ring (bicyclic) bond motifs is 1. The molecule has 0 amide bonds. The molecule has 0 N–H and O–H groups in total. The van der Waals surface area contributed by atoms with Crippen molar-refractivity contribution in [1.82, 2.24) is 4.57 Å². The standard InChI is InChI=1S/C22H29NO2/c1-7-9-10-17(8-2)20-13-18-11-12-19(25-16(5)6)14-21(18)23(15(3)4)22(20)24/h8-16H,7H2,1-6H3/b10-9-,17-8+. The monoisotopic (exact) mass is 339 g/mol. The van der Waals surface area contributed by atoms with Crippen LogP contribution in [0.1, 0.15) is 59.6 Å². The first-order valence-electron chi connectivity index (χ1n) is 9.08. The molecule has 2 rings (SSSR count). The molecule has 0 fully saturated rings. The molecule has 0 saturated carbocycles. The van der Waals surface area contributed by atoms with Crippen LogP contribution in [0.5, 0.6) is 5.75 Å². The Morgan fingerprint density at radius 3 is 2.48 bits per heavy atom. The molecular weight excluding hydrogens is 310 g/mol. The highest BCUT2D eigenvalue weighted by atomic mass is 16.5. The maximum absolute atomic E-state index is 13.2. The molecule has 2 aromatic rings. The van der Waals surface area contributed by atoms with E-state index in [2.05, 4.69) is 13.0 Å². The molecule has 3 heteroatoms. The molecule has 0 aliphatic carbocycles. The molecule has 1 aromatic heterocycles. The summed E-state index contributed by atoms with van der Waals surface area (Å²) in [5, 5.41) is 1.05. The number of nitrogens with zero attached hydrogens (tertiary/aromatic N) is 1. The van der Waals surface area contributed by atoms with Crippen molar-refractivity contribution in [1.29, 1.82) is 0 Å². The molecule has 0 spiro atoms. The van der Waals surface area contributed by atoms with Crippen LogP contribution in [-0.2, 0) is 0 Å². The minimum absolute atomic E-state index is 0.0399. The Kier molecular flexibility index (Phi) is 6.24. The van der Waals surface area contributed by atoms with Crippen molar-refractivity contribution in [3.63, 3.8) is 0 Å². The Bertz CT molecular complexity index is 854. The Labute approximate surface area is 150 Å². The van der Waals surface area contributed by atoms with E-state index in [1.54, 1.807) is 0 Å². The Morgan fingerprint density at radius 1 is 1.20 bits per heavy atom. The third-order valence-corrected chi connectivity index (χ3v) is 4.05. The molecule has 0 aliphatic rings. The van der Waals surface area contributed by atoms with Gasteiger partial charge in [0.25, 0.3) is 5.56 Å². The van der Waals surface area contributed by atoms with Crippen LogP contribution in [0, 0.1) is 0 Å². The van der Waals surface area contributed by atoms with Gasteiger partial charge < -0.3 is 9.30 Å². The topological polar surface area (TPSA) is 31.2 Å². The van der Waals surface area contributed by atoms with E-state index in [1.165, 1.54) is 0 Å². The summed E-state index contributed by atoms with van der Waals surface area (Å²) in [5.41, 5.74) is 2.66. The van der Waals surface area contributed by atoms with Crippen LogP contribution < -0.4 is 10.3 Å². The van der Waals surface area contributed by atoms with E-state index in [1.807, 2.05) is 75.6 Å². The van der Waals surface area contributed by atoms with E-state index in [9.17, 15) is 4.79 Å². The molecule has 0 saturated heterocycles. The molecule has 0 aliphatic heterocycles. The predicted molar refractivity (Wildman–Crippen MR) is 107 cm³/mol. The lowest BCUT2D eigenvalue weighted by Gasteiger charge is -2.18. The van der Waals surface area contributed by atoms with E-state index in [0.717, 1.165) is 34.2 Å². The van der Waals surface area contributed by atoms with Gasteiger partial charge in [-0.15, -0.1) is 0 Å². The zero-order valence-corrected chi connectivity index (χ0v) is 16.2. The van der Waals surface area contributed by atoms with Gasteiger partial charge in [-0.1, -0.05) is 25.2 Å². The fourth-order valence-electron chi connectivity index (χ4n) is 2.96. The van der Waals surface area contributed by atoms with Crippen LogP contribution in [-0.4, -0.2) is 10.7 Å². The second-order valence-electron chi connectivity index (χ2n) is 6.77. The second-order valence-corrected chi connectivity index (χ2v) is 6.77. The van der Waals surface area contributed by atoms with Gasteiger partial charge in [-0.3, -0.25) is 4.79 Å². The summed E-state index contributed by atoms with van der Waals surface area (Å²) in [5.74, 6) is 0.793. The van der Waals surface area contributed by atoms with Crippen molar-refractivity contribution in [2.24, 2.45) is 0 Å². The SMILES string of the molecule is C/C=C(\C=C/CC)c1cc2ccc(OC(C)C)cc2n(C(C)C)c1=O. The summed E-state index contributed by atoms with van der Waals surface area (Å²) < 4.78 is 7.67. The number of hydrogen-bond donors (Lipinski definition) is 0. The molecule has 3 nitrogen and oxygen atoms in total. The van der Waals surface area contributed by atoms with Crippen LogP contribution in [0.4, 0.5) is 0 Å². The summed E-state index contributed by atoms with van der Waals surface area (Å²) >= 11 is 0. The molecule has 0 radical (unpaired) electrons. The van der Waals surface area contributed by atoms with Crippen molar-refractivity contribution in [2.45, 2.75) is 60.1 Å². The fourth-order valence-corrected chi connectivity index (χ4v) is 2.96. The average molecular weight is 339 g/mol.